The summed E-state index contributed by atoms with van der Waals surface area (Å²) in [5.74, 6) is 1.49. The lowest BCUT2D eigenvalue weighted by molar-refractivity contribution is 0.306. The quantitative estimate of drug-likeness (QED) is 0.545. The van der Waals surface area contributed by atoms with Crippen molar-refractivity contribution in [1.82, 2.24) is 25.3 Å². The Balaban J connectivity index is 1.42. The molecular weight excluding hydrogens is 362 g/mol. The average molecular weight is 383 g/mol. The molecule has 5 rings (SSSR count). The molecule has 6 nitrogen and oxygen atoms in total. The zero-order valence-corrected chi connectivity index (χ0v) is 15.9. The van der Waals surface area contributed by atoms with Crippen molar-refractivity contribution in [1.29, 1.82) is 0 Å². The molecular formula is C23H21N5O. The number of H-pyrrole nitrogens is 1. The van der Waals surface area contributed by atoms with E-state index in [0.717, 1.165) is 47.6 Å². The highest BCUT2D eigenvalue weighted by Gasteiger charge is 2.16. The van der Waals surface area contributed by atoms with Crippen LogP contribution in [-0.4, -0.2) is 33.0 Å². The van der Waals surface area contributed by atoms with Crippen LogP contribution in [0.2, 0.25) is 0 Å². The molecule has 2 aromatic carbocycles. The minimum atomic E-state index is 0.544. The molecule has 0 saturated heterocycles. The third-order valence-electron chi connectivity index (χ3n) is 5.01. The SMILES string of the molecule is C1=C(c2nc(-c3ccc(OCc4ccccc4)cc3)nc3nc[nH]c23)CCNC1. The van der Waals surface area contributed by atoms with Crippen molar-refractivity contribution in [3.8, 4) is 17.1 Å². The van der Waals surface area contributed by atoms with E-state index in [1.165, 1.54) is 5.57 Å². The van der Waals surface area contributed by atoms with Crippen molar-refractivity contribution in [2.45, 2.75) is 13.0 Å². The fourth-order valence-corrected chi connectivity index (χ4v) is 3.47. The van der Waals surface area contributed by atoms with Crippen LogP contribution < -0.4 is 10.1 Å². The first-order chi connectivity index (χ1) is 14.4. The normalized spacial score (nSPS) is 14.0. The molecule has 6 heteroatoms. The molecule has 0 amide bonds. The Labute approximate surface area is 168 Å². The molecule has 0 spiro atoms. The van der Waals surface area contributed by atoms with Crippen LogP contribution in [0.1, 0.15) is 17.7 Å². The van der Waals surface area contributed by atoms with E-state index in [1.54, 1.807) is 6.33 Å². The van der Waals surface area contributed by atoms with Gasteiger partial charge in [-0.3, -0.25) is 0 Å². The number of aromatic amines is 1. The average Bonchev–Trinajstić information content (AvgIpc) is 3.27. The molecule has 1 aliphatic heterocycles. The third-order valence-corrected chi connectivity index (χ3v) is 5.01. The number of hydrogen-bond acceptors (Lipinski definition) is 5. The van der Waals surface area contributed by atoms with Crippen LogP contribution >= 0.6 is 0 Å². The summed E-state index contributed by atoms with van der Waals surface area (Å²) in [6.45, 7) is 2.36. The second kappa shape index (κ2) is 7.85. The summed E-state index contributed by atoms with van der Waals surface area (Å²) in [5, 5.41) is 3.34. The summed E-state index contributed by atoms with van der Waals surface area (Å²) >= 11 is 0. The van der Waals surface area contributed by atoms with Crippen LogP contribution in [0.4, 0.5) is 0 Å². The second-order valence-corrected chi connectivity index (χ2v) is 6.98. The standard InChI is InChI=1S/C23H21N5O/c1-2-4-16(5-3-1)14-29-19-8-6-18(7-9-19)22-27-20(17-10-12-24-13-11-17)21-23(28-22)26-15-25-21/h1-10,15,24H,11-14H2,(H,25,26,27,28). The Morgan fingerprint density at radius 2 is 1.83 bits per heavy atom. The number of nitrogens with zero attached hydrogens (tertiary/aromatic N) is 3. The van der Waals surface area contributed by atoms with Gasteiger partial charge in [0, 0.05) is 12.1 Å². The molecule has 0 fully saturated rings. The lowest BCUT2D eigenvalue weighted by Gasteiger charge is -2.14. The van der Waals surface area contributed by atoms with Gasteiger partial charge in [0.05, 0.1) is 12.0 Å². The monoisotopic (exact) mass is 383 g/mol. The van der Waals surface area contributed by atoms with Gasteiger partial charge in [0.2, 0.25) is 0 Å². The molecule has 0 radical (unpaired) electrons. The van der Waals surface area contributed by atoms with Crippen molar-refractivity contribution < 1.29 is 4.74 Å². The van der Waals surface area contributed by atoms with E-state index in [-0.39, 0.29) is 0 Å². The minimum Gasteiger partial charge on any atom is -0.489 e. The molecule has 29 heavy (non-hydrogen) atoms. The Bertz CT molecular complexity index is 1150. The maximum Gasteiger partial charge on any atom is 0.181 e. The number of imidazole rings is 1. The van der Waals surface area contributed by atoms with Crippen molar-refractivity contribution in [3.63, 3.8) is 0 Å². The van der Waals surface area contributed by atoms with Crippen molar-refractivity contribution in [2.75, 3.05) is 13.1 Å². The fraction of sp³-hybridized carbons (Fsp3) is 0.174. The van der Waals surface area contributed by atoms with Crippen LogP contribution in [0.3, 0.4) is 0 Å². The smallest absolute Gasteiger partial charge is 0.181 e. The van der Waals surface area contributed by atoms with Crippen LogP contribution in [0.15, 0.2) is 67.0 Å². The first-order valence-electron chi connectivity index (χ1n) is 9.75. The second-order valence-electron chi connectivity index (χ2n) is 6.98. The third kappa shape index (κ3) is 3.75. The van der Waals surface area contributed by atoms with Crippen molar-refractivity contribution >= 4 is 16.7 Å². The molecule has 0 saturated carbocycles. The van der Waals surface area contributed by atoms with Gasteiger partial charge in [-0.15, -0.1) is 0 Å². The number of benzene rings is 2. The molecule has 2 aromatic heterocycles. The number of hydrogen-bond donors (Lipinski definition) is 2. The van der Waals surface area contributed by atoms with E-state index >= 15 is 0 Å². The van der Waals surface area contributed by atoms with Crippen LogP contribution in [0, 0.1) is 0 Å². The molecule has 144 valence electrons. The summed E-state index contributed by atoms with van der Waals surface area (Å²) in [4.78, 5) is 17.1. The fourth-order valence-electron chi connectivity index (χ4n) is 3.47. The van der Waals surface area contributed by atoms with Crippen LogP contribution in [0.5, 0.6) is 5.75 Å². The molecule has 0 bridgehead atoms. The number of ether oxygens (including phenoxy) is 1. The number of aromatic nitrogens is 4. The zero-order chi connectivity index (χ0) is 19.5. The number of rotatable bonds is 5. The minimum absolute atomic E-state index is 0.544. The van der Waals surface area contributed by atoms with Gasteiger partial charge in [-0.2, -0.15) is 0 Å². The van der Waals surface area contributed by atoms with Crippen LogP contribution in [0.25, 0.3) is 28.1 Å². The van der Waals surface area contributed by atoms with Gasteiger partial charge in [-0.05, 0) is 48.4 Å². The van der Waals surface area contributed by atoms with Gasteiger partial charge >= 0.3 is 0 Å². The number of nitrogens with one attached hydrogen (secondary N) is 2. The van der Waals surface area contributed by atoms with E-state index in [4.69, 9.17) is 9.72 Å². The van der Waals surface area contributed by atoms with Gasteiger partial charge in [0.15, 0.2) is 11.5 Å². The Hall–Kier alpha value is -3.51. The van der Waals surface area contributed by atoms with E-state index in [0.29, 0.717) is 18.1 Å². The van der Waals surface area contributed by atoms with E-state index in [1.807, 2.05) is 42.5 Å². The van der Waals surface area contributed by atoms with Gasteiger partial charge in [-0.25, -0.2) is 15.0 Å². The Kier molecular flexibility index (Phi) is 4.76. The summed E-state index contributed by atoms with van der Waals surface area (Å²) in [5.41, 5.74) is 5.83. The first kappa shape index (κ1) is 17.6. The van der Waals surface area contributed by atoms with Crippen molar-refractivity contribution in [2.24, 2.45) is 0 Å². The molecule has 2 N–H and O–H groups in total. The Morgan fingerprint density at radius 3 is 2.62 bits per heavy atom. The lowest BCUT2D eigenvalue weighted by Crippen LogP contribution is -2.20. The highest BCUT2D eigenvalue weighted by Crippen LogP contribution is 2.27. The number of fused-ring (bicyclic) bond motifs is 1. The summed E-state index contributed by atoms with van der Waals surface area (Å²) in [7, 11) is 0. The molecule has 4 aromatic rings. The topological polar surface area (TPSA) is 75.7 Å². The maximum absolute atomic E-state index is 5.89. The lowest BCUT2D eigenvalue weighted by atomic mass is 10.0. The molecule has 0 aliphatic carbocycles. The maximum atomic E-state index is 5.89. The highest BCUT2D eigenvalue weighted by atomic mass is 16.5. The van der Waals surface area contributed by atoms with Crippen molar-refractivity contribution in [3.05, 3.63) is 78.3 Å². The van der Waals surface area contributed by atoms with Gasteiger partial charge in [0.25, 0.3) is 0 Å². The van der Waals surface area contributed by atoms with Crippen LogP contribution in [-0.2, 0) is 6.61 Å². The molecule has 0 atom stereocenters. The van der Waals surface area contributed by atoms with Gasteiger partial charge in [-0.1, -0.05) is 36.4 Å². The summed E-state index contributed by atoms with van der Waals surface area (Å²) in [6, 6.07) is 18.0. The summed E-state index contributed by atoms with van der Waals surface area (Å²) < 4.78 is 5.89. The molecule has 3 heterocycles. The van der Waals surface area contributed by atoms with Gasteiger partial charge in [0.1, 0.15) is 17.9 Å². The largest absolute Gasteiger partial charge is 0.489 e. The Morgan fingerprint density at radius 1 is 0.966 bits per heavy atom. The van der Waals surface area contributed by atoms with E-state index < -0.39 is 0 Å². The van der Waals surface area contributed by atoms with Gasteiger partial charge < -0.3 is 15.0 Å². The zero-order valence-electron chi connectivity index (χ0n) is 15.9. The molecule has 0 unspecified atom stereocenters. The van der Waals surface area contributed by atoms with E-state index in [9.17, 15) is 0 Å². The van der Waals surface area contributed by atoms with E-state index in [2.05, 4.69) is 38.5 Å². The predicted octanol–water partition coefficient (Wildman–Crippen LogP) is 3.98. The first-order valence-corrected chi connectivity index (χ1v) is 9.75. The highest BCUT2D eigenvalue weighted by molar-refractivity contribution is 5.86. The molecule has 1 aliphatic rings. The summed E-state index contributed by atoms with van der Waals surface area (Å²) in [6.07, 6.45) is 4.81. The predicted molar refractivity (Wildman–Crippen MR) is 113 cm³/mol.